The minimum atomic E-state index is -0.189. The second kappa shape index (κ2) is 6.57. The lowest BCUT2D eigenvalue weighted by Gasteiger charge is -2.20. The number of para-hydroxylation sites is 2. The second-order valence-corrected chi connectivity index (χ2v) is 5.13. The van der Waals surface area contributed by atoms with Crippen LogP contribution >= 0.6 is 15.9 Å². The van der Waals surface area contributed by atoms with Gasteiger partial charge in [-0.05, 0) is 40.2 Å². The van der Waals surface area contributed by atoms with Gasteiger partial charge in [0.25, 0.3) is 0 Å². The van der Waals surface area contributed by atoms with Crippen LogP contribution in [0.5, 0.6) is 0 Å². The third-order valence-corrected chi connectivity index (χ3v) is 3.59. The summed E-state index contributed by atoms with van der Waals surface area (Å²) in [6, 6.07) is 14.8. The van der Waals surface area contributed by atoms with Crippen molar-refractivity contribution in [3.8, 4) is 0 Å². The molecule has 19 heavy (non-hydrogen) atoms. The van der Waals surface area contributed by atoms with Crippen LogP contribution in [0, 0.1) is 5.82 Å². The van der Waals surface area contributed by atoms with E-state index in [0.29, 0.717) is 5.69 Å². The van der Waals surface area contributed by atoms with Crippen LogP contribution in [0.2, 0.25) is 0 Å². The number of benzene rings is 2. The molecule has 0 bridgehead atoms. The highest BCUT2D eigenvalue weighted by atomic mass is 79.9. The first-order valence-corrected chi connectivity index (χ1v) is 6.92. The molecule has 2 rings (SSSR count). The smallest absolute Gasteiger partial charge is 0.146 e. The Morgan fingerprint density at radius 2 is 1.79 bits per heavy atom. The van der Waals surface area contributed by atoms with Crippen LogP contribution in [-0.2, 0) is 0 Å². The largest absolute Gasteiger partial charge is 0.382 e. The van der Waals surface area contributed by atoms with Crippen LogP contribution in [0.3, 0.4) is 0 Å². The minimum absolute atomic E-state index is 0.189. The summed E-state index contributed by atoms with van der Waals surface area (Å²) in [5, 5.41) is 3.32. The van der Waals surface area contributed by atoms with Crippen molar-refractivity contribution in [3.05, 3.63) is 58.8 Å². The first-order valence-electron chi connectivity index (χ1n) is 6.12. The molecule has 2 aromatic carbocycles. The van der Waals surface area contributed by atoms with Crippen molar-refractivity contribution >= 4 is 27.3 Å². The molecular weight excluding hydrogens is 307 g/mol. The van der Waals surface area contributed by atoms with Gasteiger partial charge >= 0.3 is 0 Å². The molecule has 0 heterocycles. The van der Waals surface area contributed by atoms with Crippen LogP contribution < -0.4 is 10.2 Å². The summed E-state index contributed by atoms with van der Waals surface area (Å²) in [5.41, 5.74) is 1.67. The van der Waals surface area contributed by atoms with Crippen molar-refractivity contribution in [3.63, 3.8) is 0 Å². The molecular formula is C15H16BrFN2. The number of nitrogens with zero attached hydrogens (tertiary/aromatic N) is 1. The lowest BCUT2D eigenvalue weighted by Crippen LogP contribution is -2.25. The highest BCUT2D eigenvalue weighted by molar-refractivity contribution is 9.10. The molecule has 0 fully saturated rings. The van der Waals surface area contributed by atoms with Crippen molar-refractivity contribution in [1.82, 2.24) is 0 Å². The maximum atomic E-state index is 13.6. The van der Waals surface area contributed by atoms with Gasteiger partial charge in [0.1, 0.15) is 5.82 Å². The minimum Gasteiger partial charge on any atom is -0.382 e. The Hall–Kier alpha value is -1.55. The summed E-state index contributed by atoms with van der Waals surface area (Å²) in [4.78, 5) is 1.90. The van der Waals surface area contributed by atoms with E-state index in [1.54, 1.807) is 12.1 Å². The Balaban J connectivity index is 1.90. The molecule has 0 aliphatic rings. The monoisotopic (exact) mass is 322 g/mol. The normalized spacial score (nSPS) is 10.3. The van der Waals surface area contributed by atoms with E-state index in [9.17, 15) is 4.39 Å². The van der Waals surface area contributed by atoms with Crippen molar-refractivity contribution in [1.29, 1.82) is 0 Å². The number of hydrogen-bond donors (Lipinski definition) is 1. The van der Waals surface area contributed by atoms with Crippen LogP contribution in [0.1, 0.15) is 0 Å². The number of halogens is 2. The first kappa shape index (κ1) is 13.9. The topological polar surface area (TPSA) is 15.3 Å². The van der Waals surface area contributed by atoms with Gasteiger partial charge in [-0.25, -0.2) is 4.39 Å². The van der Waals surface area contributed by atoms with Gasteiger partial charge in [-0.1, -0.05) is 24.3 Å². The number of rotatable bonds is 5. The number of hydrogen-bond acceptors (Lipinski definition) is 2. The maximum Gasteiger partial charge on any atom is 0.146 e. The van der Waals surface area contributed by atoms with Crippen LogP contribution in [-0.4, -0.2) is 20.1 Å². The summed E-state index contributed by atoms with van der Waals surface area (Å²) in [6.07, 6.45) is 0. The lowest BCUT2D eigenvalue weighted by atomic mass is 10.3. The van der Waals surface area contributed by atoms with Gasteiger partial charge in [0, 0.05) is 30.3 Å². The van der Waals surface area contributed by atoms with Gasteiger partial charge in [0.2, 0.25) is 0 Å². The molecule has 1 N–H and O–H groups in total. The second-order valence-electron chi connectivity index (χ2n) is 4.28. The molecule has 0 unspecified atom stereocenters. The van der Waals surface area contributed by atoms with E-state index >= 15 is 0 Å². The van der Waals surface area contributed by atoms with Crippen molar-refractivity contribution < 1.29 is 4.39 Å². The van der Waals surface area contributed by atoms with Gasteiger partial charge in [0.05, 0.1) is 5.69 Å². The molecule has 0 saturated carbocycles. The molecule has 0 radical (unpaired) electrons. The zero-order valence-electron chi connectivity index (χ0n) is 10.7. The van der Waals surface area contributed by atoms with E-state index in [4.69, 9.17) is 0 Å². The van der Waals surface area contributed by atoms with E-state index < -0.39 is 0 Å². The molecule has 100 valence electrons. The fourth-order valence-electron chi connectivity index (χ4n) is 1.84. The molecule has 0 saturated heterocycles. The van der Waals surface area contributed by atoms with Gasteiger partial charge < -0.3 is 10.2 Å². The average molecular weight is 323 g/mol. The zero-order valence-corrected chi connectivity index (χ0v) is 12.3. The predicted octanol–water partition coefficient (Wildman–Crippen LogP) is 4.14. The molecule has 4 heteroatoms. The summed E-state index contributed by atoms with van der Waals surface area (Å²) in [6.45, 7) is 1.47. The summed E-state index contributed by atoms with van der Waals surface area (Å²) < 4.78 is 14.6. The SMILES string of the molecule is CN(CCNc1ccccc1Br)c1ccccc1F. The Labute approximate surface area is 121 Å². The Bertz CT molecular complexity index is 545. The quantitative estimate of drug-likeness (QED) is 0.890. The van der Waals surface area contributed by atoms with Crippen LogP contribution in [0.15, 0.2) is 53.0 Å². The van der Waals surface area contributed by atoms with E-state index in [1.165, 1.54) is 6.07 Å². The molecule has 0 aliphatic carbocycles. The standard InChI is InChI=1S/C15H16BrFN2/c1-19(15-9-5-3-7-13(15)17)11-10-18-14-8-4-2-6-12(14)16/h2-9,18H,10-11H2,1H3. The molecule has 2 aromatic rings. The number of anilines is 2. The third kappa shape index (κ3) is 3.70. The van der Waals surface area contributed by atoms with E-state index in [1.807, 2.05) is 42.3 Å². The highest BCUT2D eigenvalue weighted by Gasteiger charge is 2.06. The zero-order chi connectivity index (χ0) is 13.7. The number of likely N-dealkylation sites (N-methyl/N-ethyl adjacent to an activating group) is 1. The first-order chi connectivity index (χ1) is 9.18. The summed E-state index contributed by atoms with van der Waals surface area (Å²) in [5.74, 6) is -0.189. The summed E-state index contributed by atoms with van der Waals surface area (Å²) in [7, 11) is 1.89. The maximum absolute atomic E-state index is 13.6. The summed E-state index contributed by atoms with van der Waals surface area (Å²) >= 11 is 3.48. The molecule has 0 atom stereocenters. The average Bonchev–Trinajstić information content (AvgIpc) is 2.41. The highest BCUT2D eigenvalue weighted by Crippen LogP contribution is 2.21. The molecule has 0 aliphatic heterocycles. The lowest BCUT2D eigenvalue weighted by molar-refractivity contribution is 0.623. The Morgan fingerprint density at radius 3 is 2.53 bits per heavy atom. The van der Waals surface area contributed by atoms with Crippen LogP contribution in [0.25, 0.3) is 0 Å². The van der Waals surface area contributed by atoms with Gasteiger partial charge in [0.15, 0.2) is 0 Å². The Morgan fingerprint density at radius 1 is 1.11 bits per heavy atom. The molecule has 0 amide bonds. The van der Waals surface area contributed by atoms with Gasteiger partial charge in [-0.2, -0.15) is 0 Å². The molecule has 0 spiro atoms. The van der Waals surface area contributed by atoms with Crippen molar-refractivity contribution in [2.45, 2.75) is 0 Å². The van der Waals surface area contributed by atoms with E-state index in [2.05, 4.69) is 21.2 Å². The van der Waals surface area contributed by atoms with E-state index in [-0.39, 0.29) is 5.82 Å². The molecule has 0 aromatic heterocycles. The van der Waals surface area contributed by atoms with Crippen molar-refractivity contribution in [2.75, 3.05) is 30.4 Å². The predicted molar refractivity (Wildman–Crippen MR) is 82.3 cm³/mol. The molecule has 2 nitrogen and oxygen atoms in total. The Kier molecular flexibility index (Phi) is 4.80. The fraction of sp³-hybridized carbons (Fsp3) is 0.200. The van der Waals surface area contributed by atoms with Crippen molar-refractivity contribution in [2.24, 2.45) is 0 Å². The van der Waals surface area contributed by atoms with Gasteiger partial charge in [-0.15, -0.1) is 0 Å². The van der Waals surface area contributed by atoms with Crippen LogP contribution in [0.4, 0.5) is 15.8 Å². The fourth-order valence-corrected chi connectivity index (χ4v) is 2.27. The van der Waals surface area contributed by atoms with E-state index in [0.717, 1.165) is 23.2 Å². The third-order valence-electron chi connectivity index (χ3n) is 2.90. The number of nitrogens with one attached hydrogen (secondary N) is 1. The van der Waals surface area contributed by atoms with Gasteiger partial charge in [-0.3, -0.25) is 0 Å².